The minimum atomic E-state index is 0.732. The maximum atomic E-state index is 5.24. The van der Waals surface area contributed by atoms with Crippen molar-refractivity contribution in [1.29, 1.82) is 0 Å². The zero-order chi connectivity index (χ0) is 29.6. The Morgan fingerprint density at radius 1 is 0.750 bits per heavy atom. The first-order valence-electron chi connectivity index (χ1n) is 15.3. The van der Waals surface area contributed by atoms with Gasteiger partial charge in [0.15, 0.2) is 5.82 Å². The van der Waals surface area contributed by atoms with Gasteiger partial charge in [-0.25, -0.2) is 15.0 Å². The number of nitrogens with zero attached hydrogens (tertiary/aromatic N) is 4. The van der Waals surface area contributed by atoms with Crippen LogP contribution in [0.5, 0.6) is 0 Å². The van der Waals surface area contributed by atoms with Crippen LogP contribution in [0, 0.1) is 0 Å². The SMILES string of the molecule is C1=CC(c2nc(-c3ccccc3)ncc2-n2c3ccccc3c3cc4c5c(nccc5c32)Sc2ccccc2-4)=CCC1.CC. The van der Waals surface area contributed by atoms with Gasteiger partial charge in [-0.15, -0.1) is 0 Å². The molecule has 0 saturated carbocycles. The summed E-state index contributed by atoms with van der Waals surface area (Å²) in [6.45, 7) is 4.00. The second kappa shape index (κ2) is 10.9. The van der Waals surface area contributed by atoms with Gasteiger partial charge in [-0.1, -0.05) is 111 Å². The maximum absolute atomic E-state index is 5.24. The van der Waals surface area contributed by atoms with Crippen molar-refractivity contribution in [3.63, 3.8) is 0 Å². The fourth-order valence-corrected chi connectivity index (χ4v) is 7.56. The van der Waals surface area contributed by atoms with E-state index in [0.29, 0.717) is 0 Å². The van der Waals surface area contributed by atoms with E-state index in [-0.39, 0.29) is 0 Å². The first-order valence-corrected chi connectivity index (χ1v) is 16.1. The molecule has 44 heavy (non-hydrogen) atoms. The van der Waals surface area contributed by atoms with Crippen LogP contribution >= 0.6 is 11.8 Å². The largest absolute Gasteiger partial charge is 0.305 e. The van der Waals surface area contributed by atoms with Crippen molar-refractivity contribution >= 4 is 49.9 Å². The van der Waals surface area contributed by atoms with Gasteiger partial charge in [-0.05, 0) is 53.8 Å². The smallest absolute Gasteiger partial charge is 0.159 e. The molecule has 1 aliphatic carbocycles. The Bertz CT molecular complexity index is 2280. The van der Waals surface area contributed by atoms with Gasteiger partial charge >= 0.3 is 0 Å². The molecule has 7 aromatic rings. The first kappa shape index (κ1) is 26.6. The van der Waals surface area contributed by atoms with Crippen LogP contribution in [0.15, 0.2) is 132 Å². The number of allylic oxidation sites excluding steroid dienone is 4. The topological polar surface area (TPSA) is 43.6 Å². The molecule has 2 aliphatic rings. The molecule has 0 unspecified atom stereocenters. The summed E-state index contributed by atoms with van der Waals surface area (Å²) in [6.07, 6.45) is 12.8. The molecule has 0 radical (unpaired) electrons. The van der Waals surface area contributed by atoms with Crippen molar-refractivity contribution in [1.82, 2.24) is 19.5 Å². The quantitative estimate of drug-likeness (QED) is 0.207. The number of para-hydroxylation sites is 1. The number of benzene rings is 4. The number of hydrogen-bond donors (Lipinski definition) is 0. The minimum Gasteiger partial charge on any atom is -0.305 e. The van der Waals surface area contributed by atoms with Gasteiger partial charge < -0.3 is 4.57 Å². The van der Waals surface area contributed by atoms with Gasteiger partial charge in [0, 0.05) is 38.2 Å². The Hall–Kier alpha value is -5.00. The van der Waals surface area contributed by atoms with Crippen molar-refractivity contribution in [3.8, 4) is 28.2 Å². The summed E-state index contributed by atoms with van der Waals surface area (Å²) in [5.74, 6) is 0.732. The Labute approximate surface area is 260 Å². The van der Waals surface area contributed by atoms with Crippen molar-refractivity contribution in [2.75, 3.05) is 0 Å². The highest BCUT2D eigenvalue weighted by molar-refractivity contribution is 7.99. The van der Waals surface area contributed by atoms with Gasteiger partial charge in [0.05, 0.1) is 28.6 Å². The van der Waals surface area contributed by atoms with Crippen LogP contribution in [0.3, 0.4) is 0 Å². The average molecular weight is 587 g/mol. The number of pyridine rings is 1. The molecule has 0 N–H and O–H groups in total. The predicted octanol–water partition coefficient (Wildman–Crippen LogP) is 10.7. The Morgan fingerprint density at radius 3 is 2.43 bits per heavy atom. The molecule has 4 aromatic carbocycles. The second-order valence-electron chi connectivity index (χ2n) is 10.7. The molecule has 1 aliphatic heterocycles. The van der Waals surface area contributed by atoms with Crippen LogP contribution in [0.1, 0.15) is 32.4 Å². The summed E-state index contributed by atoms with van der Waals surface area (Å²) < 4.78 is 2.38. The zero-order valence-electron chi connectivity index (χ0n) is 24.7. The van der Waals surface area contributed by atoms with Gasteiger partial charge in [-0.3, -0.25) is 0 Å². The van der Waals surface area contributed by atoms with Gasteiger partial charge in [-0.2, -0.15) is 0 Å². The van der Waals surface area contributed by atoms with Crippen LogP contribution in [-0.4, -0.2) is 19.5 Å². The number of rotatable bonds is 3. The molecule has 3 aromatic heterocycles. The van der Waals surface area contributed by atoms with E-state index in [1.54, 1.807) is 11.8 Å². The summed E-state index contributed by atoms with van der Waals surface area (Å²) in [7, 11) is 0. The van der Waals surface area contributed by atoms with Gasteiger partial charge in [0.2, 0.25) is 0 Å². The lowest BCUT2D eigenvalue weighted by Crippen LogP contribution is -2.06. The molecule has 0 saturated heterocycles. The molecule has 5 heteroatoms. The first-order chi connectivity index (χ1) is 21.8. The third kappa shape index (κ3) is 4.11. The number of aromatic nitrogens is 4. The molecular formula is C39H30N4S. The van der Waals surface area contributed by atoms with Crippen LogP contribution in [-0.2, 0) is 0 Å². The molecule has 9 rings (SSSR count). The molecule has 212 valence electrons. The van der Waals surface area contributed by atoms with Crippen molar-refractivity contribution in [2.24, 2.45) is 0 Å². The zero-order valence-corrected chi connectivity index (χ0v) is 25.5. The molecule has 0 amide bonds. The van der Waals surface area contributed by atoms with Gasteiger partial charge in [0.25, 0.3) is 0 Å². The Morgan fingerprint density at radius 2 is 1.57 bits per heavy atom. The van der Waals surface area contributed by atoms with E-state index in [1.165, 1.54) is 37.6 Å². The molecular weight excluding hydrogens is 557 g/mol. The summed E-state index contributed by atoms with van der Waals surface area (Å²) >= 11 is 1.75. The Kier molecular flexibility index (Phi) is 6.61. The third-order valence-electron chi connectivity index (χ3n) is 8.34. The lowest BCUT2D eigenvalue weighted by atomic mass is 9.96. The van der Waals surface area contributed by atoms with Gasteiger partial charge in [0.1, 0.15) is 5.03 Å². The van der Waals surface area contributed by atoms with Crippen molar-refractivity contribution in [2.45, 2.75) is 36.6 Å². The monoisotopic (exact) mass is 586 g/mol. The summed E-state index contributed by atoms with van der Waals surface area (Å²) in [5.41, 5.74) is 8.88. The summed E-state index contributed by atoms with van der Waals surface area (Å²) in [5, 5.41) is 5.88. The van der Waals surface area contributed by atoms with Crippen molar-refractivity contribution < 1.29 is 0 Å². The van der Waals surface area contributed by atoms with Crippen LogP contribution in [0.4, 0.5) is 0 Å². The number of hydrogen-bond acceptors (Lipinski definition) is 4. The fraction of sp³-hybridized carbons (Fsp3) is 0.103. The van der Waals surface area contributed by atoms with E-state index in [1.807, 2.05) is 44.4 Å². The second-order valence-corrected chi connectivity index (χ2v) is 11.8. The fourth-order valence-electron chi connectivity index (χ4n) is 6.48. The highest BCUT2D eigenvalue weighted by Crippen LogP contribution is 2.50. The molecule has 4 nitrogen and oxygen atoms in total. The lowest BCUT2D eigenvalue weighted by molar-refractivity contribution is 1.02. The van der Waals surface area contributed by atoms with E-state index >= 15 is 0 Å². The normalized spacial score (nSPS) is 13.5. The number of fused-ring (bicyclic) bond motifs is 6. The average Bonchev–Trinajstić information content (AvgIpc) is 3.44. The van der Waals surface area contributed by atoms with E-state index in [4.69, 9.17) is 15.0 Å². The standard InChI is InChI=1S/C37H24N4S.C2H6/c1-3-11-23(12-4-1)34-31(22-39-36(40-34)24-13-5-2-6-14-24)41-30-17-9-7-15-25(30)29-21-28-26-16-8-10-18-32(26)42-37-33(28)27(35(29)41)19-20-38-37;1-2/h2-3,5-22H,1,4H2;1-2H3. The highest BCUT2D eigenvalue weighted by atomic mass is 32.2. The summed E-state index contributed by atoms with van der Waals surface area (Å²) in [6, 6.07) is 32.1. The van der Waals surface area contributed by atoms with E-state index < -0.39 is 0 Å². The van der Waals surface area contributed by atoms with E-state index in [2.05, 4.69) is 95.6 Å². The third-order valence-corrected chi connectivity index (χ3v) is 9.42. The van der Waals surface area contributed by atoms with Crippen molar-refractivity contribution in [3.05, 3.63) is 127 Å². The van der Waals surface area contributed by atoms with E-state index in [0.717, 1.165) is 57.2 Å². The molecule has 0 atom stereocenters. The van der Waals surface area contributed by atoms with Crippen LogP contribution in [0.2, 0.25) is 0 Å². The van der Waals surface area contributed by atoms with E-state index in [9.17, 15) is 0 Å². The van der Waals surface area contributed by atoms with Crippen LogP contribution < -0.4 is 0 Å². The molecule has 4 heterocycles. The maximum Gasteiger partial charge on any atom is 0.159 e. The summed E-state index contributed by atoms with van der Waals surface area (Å²) in [4.78, 5) is 16.3. The predicted molar refractivity (Wildman–Crippen MR) is 184 cm³/mol. The Balaban J connectivity index is 0.00000142. The molecule has 0 fully saturated rings. The lowest BCUT2D eigenvalue weighted by Gasteiger charge is -2.21. The highest BCUT2D eigenvalue weighted by Gasteiger charge is 2.26. The molecule has 0 spiro atoms. The minimum absolute atomic E-state index is 0.732. The molecule has 0 bridgehead atoms. The van der Waals surface area contributed by atoms with Crippen LogP contribution in [0.25, 0.3) is 66.4 Å².